The van der Waals surface area contributed by atoms with Crippen molar-refractivity contribution in [3.63, 3.8) is 0 Å². The third kappa shape index (κ3) is 4.05. The van der Waals surface area contributed by atoms with Crippen molar-refractivity contribution >= 4 is 21.8 Å². The summed E-state index contributed by atoms with van der Waals surface area (Å²) in [5.41, 5.74) is 13.8. The third-order valence-corrected chi connectivity index (χ3v) is 9.60. The van der Waals surface area contributed by atoms with Crippen LogP contribution in [0.2, 0.25) is 0 Å². The quantitative estimate of drug-likeness (QED) is 0.204. The molecule has 3 heteroatoms. The van der Waals surface area contributed by atoms with E-state index in [9.17, 15) is 0 Å². The van der Waals surface area contributed by atoms with Gasteiger partial charge in [-0.2, -0.15) is 0 Å². The Balaban J connectivity index is 1.27. The Morgan fingerprint density at radius 3 is 1.91 bits per heavy atom. The molecule has 0 atom stereocenters. The fourth-order valence-corrected chi connectivity index (χ4v) is 7.31. The highest BCUT2D eigenvalue weighted by Gasteiger charge is 2.36. The van der Waals surface area contributed by atoms with Crippen LogP contribution in [0, 0.1) is 0 Å². The van der Waals surface area contributed by atoms with Crippen LogP contribution >= 0.6 is 0 Å². The van der Waals surface area contributed by atoms with E-state index in [1.165, 1.54) is 44.1 Å². The zero-order chi connectivity index (χ0) is 30.8. The van der Waals surface area contributed by atoms with Crippen LogP contribution in [0.4, 0.5) is 0 Å². The van der Waals surface area contributed by atoms with E-state index >= 15 is 0 Å². The van der Waals surface area contributed by atoms with Gasteiger partial charge < -0.3 is 4.57 Å². The second-order valence-corrected chi connectivity index (χ2v) is 12.7. The molecule has 2 aromatic heterocycles. The summed E-state index contributed by atoms with van der Waals surface area (Å²) in [5.74, 6) is 0.719. The Labute approximate surface area is 268 Å². The van der Waals surface area contributed by atoms with E-state index in [0.29, 0.717) is 0 Å². The molecule has 2 heterocycles. The molecule has 218 valence electrons. The maximum Gasteiger partial charge on any atom is 0.160 e. The fraction of sp³-hybridized carbons (Fsp3) is 0.0698. The minimum absolute atomic E-state index is 0.0524. The predicted molar refractivity (Wildman–Crippen MR) is 190 cm³/mol. The zero-order valence-corrected chi connectivity index (χ0v) is 25.8. The first kappa shape index (κ1) is 26.6. The highest BCUT2D eigenvalue weighted by Crippen LogP contribution is 2.51. The number of fused-ring (bicyclic) bond motifs is 6. The first-order valence-electron chi connectivity index (χ1n) is 15.8. The summed E-state index contributed by atoms with van der Waals surface area (Å²) in [5, 5.41) is 2.54. The van der Waals surface area contributed by atoms with Crippen molar-refractivity contribution in [3.8, 4) is 50.7 Å². The molecule has 0 fully saturated rings. The summed E-state index contributed by atoms with van der Waals surface area (Å²) in [6.07, 6.45) is 0. The lowest BCUT2D eigenvalue weighted by Gasteiger charge is -2.21. The van der Waals surface area contributed by atoms with E-state index in [0.717, 1.165) is 39.6 Å². The van der Waals surface area contributed by atoms with E-state index in [1.54, 1.807) is 0 Å². The summed E-state index contributed by atoms with van der Waals surface area (Å²) in [6, 6.07) is 54.0. The van der Waals surface area contributed by atoms with Gasteiger partial charge in [-0.3, -0.25) is 0 Å². The van der Waals surface area contributed by atoms with Gasteiger partial charge in [0.2, 0.25) is 0 Å². The molecule has 0 amide bonds. The highest BCUT2D eigenvalue weighted by atomic mass is 15.0. The molecule has 1 aliphatic carbocycles. The first-order valence-corrected chi connectivity index (χ1v) is 15.8. The largest absolute Gasteiger partial charge is 0.309 e. The Bertz CT molecular complexity index is 2380. The minimum atomic E-state index is -0.0524. The van der Waals surface area contributed by atoms with Gasteiger partial charge in [0.15, 0.2) is 5.82 Å². The van der Waals surface area contributed by atoms with Crippen molar-refractivity contribution in [3.05, 3.63) is 163 Å². The number of aromatic nitrogens is 3. The molecular weight excluding hydrogens is 558 g/mol. The van der Waals surface area contributed by atoms with Crippen LogP contribution in [-0.4, -0.2) is 14.5 Å². The van der Waals surface area contributed by atoms with Crippen LogP contribution in [0.1, 0.15) is 25.0 Å². The van der Waals surface area contributed by atoms with Crippen molar-refractivity contribution in [2.45, 2.75) is 19.3 Å². The van der Waals surface area contributed by atoms with E-state index in [-0.39, 0.29) is 5.41 Å². The number of benzene rings is 6. The fourth-order valence-electron chi connectivity index (χ4n) is 7.31. The third-order valence-electron chi connectivity index (χ3n) is 9.60. The molecule has 0 bridgehead atoms. The average Bonchev–Trinajstić information content (AvgIpc) is 3.56. The first-order chi connectivity index (χ1) is 22.6. The van der Waals surface area contributed by atoms with Gasteiger partial charge in [0.05, 0.1) is 22.4 Å². The van der Waals surface area contributed by atoms with Crippen molar-refractivity contribution < 1.29 is 0 Å². The number of rotatable bonds is 4. The second-order valence-electron chi connectivity index (χ2n) is 12.7. The number of nitrogens with zero attached hydrogens (tertiary/aromatic N) is 3. The summed E-state index contributed by atoms with van der Waals surface area (Å²) >= 11 is 0. The molecule has 1 aliphatic rings. The average molecular weight is 590 g/mol. The minimum Gasteiger partial charge on any atom is -0.309 e. The second kappa shape index (κ2) is 10.1. The van der Waals surface area contributed by atoms with E-state index in [1.807, 2.05) is 24.3 Å². The van der Waals surface area contributed by atoms with Gasteiger partial charge in [-0.1, -0.05) is 129 Å². The van der Waals surface area contributed by atoms with Crippen molar-refractivity contribution in [2.24, 2.45) is 0 Å². The van der Waals surface area contributed by atoms with Crippen molar-refractivity contribution in [1.29, 1.82) is 0 Å². The van der Waals surface area contributed by atoms with Crippen molar-refractivity contribution in [2.75, 3.05) is 0 Å². The van der Waals surface area contributed by atoms with Gasteiger partial charge >= 0.3 is 0 Å². The maximum absolute atomic E-state index is 5.11. The highest BCUT2D eigenvalue weighted by molar-refractivity contribution is 6.11. The summed E-state index contributed by atoms with van der Waals surface area (Å²) in [6.45, 7) is 4.70. The van der Waals surface area contributed by atoms with Crippen LogP contribution in [0.15, 0.2) is 152 Å². The van der Waals surface area contributed by atoms with Gasteiger partial charge in [0, 0.05) is 38.6 Å². The topological polar surface area (TPSA) is 30.7 Å². The number of para-hydroxylation sites is 1. The lowest BCUT2D eigenvalue weighted by atomic mass is 9.82. The molecule has 46 heavy (non-hydrogen) atoms. The van der Waals surface area contributed by atoms with Gasteiger partial charge in [0.25, 0.3) is 0 Å². The van der Waals surface area contributed by atoms with Gasteiger partial charge in [-0.25, -0.2) is 9.97 Å². The van der Waals surface area contributed by atoms with Crippen LogP contribution in [-0.2, 0) is 5.41 Å². The lowest BCUT2D eigenvalue weighted by Crippen LogP contribution is -2.14. The lowest BCUT2D eigenvalue weighted by molar-refractivity contribution is 0.661. The molecular formula is C43H31N3. The molecule has 0 radical (unpaired) electrons. The summed E-state index contributed by atoms with van der Waals surface area (Å²) < 4.78 is 2.42. The molecule has 0 saturated heterocycles. The Morgan fingerprint density at radius 1 is 0.457 bits per heavy atom. The molecule has 6 aromatic carbocycles. The van der Waals surface area contributed by atoms with Gasteiger partial charge in [-0.05, 0) is 58.7 Å². The van der Waals surface area contributed by atoms with Gasteiger partial charge in [-0.15, -0.1) is 0 Å². The SMILES string of the molecule is CC1(C)c2ccccc2-c2cc3c(cc21)c1ccccc1n3-c1cccc(-c2cc(-c3ccccc3)nc(-c3ccccc3)n2)c1. The van der Waals surface area contributed by atoms with Crippen LogP contribution in [0.5, 0.6) is 0 Å². The van der Waals surface area contributed by atoms with Crippen molar-refractivity contribution in [1.82, 2.24) is 14.5 Å². The zero-order valence-electron chi connectivity index (χ0n) is 25.8. The smallest absolute Gasteiger partial charge is 0.160 e. The molecule has 0 saturated carbocycles. The van der Waals surface area contributed by atoms with Crippen LogP contribution in [0.25, 0.3) is 72.5 Å². The maximum atomic E-state index is 5.11. The molecule has 8 aromatic rings. The Kier molecular flexibility index (Phi) is 5.85. The summed E-state index contributed by atoms with van der Waals surface area (Å²) in [4.78, 5) is 10.1. The van der Waals surface area contributed by atoms with E-state index in [2.05, 4.69) is 146 Å². The monoisotopic (exact) mass is 589 g/mol. The molecule has 0 unspecified atom stereocenters. The number of hydrogen-bond acceptors (Lipinski definition) is 2. The normalized spacial score (nSPS) is 13.2. The molecule has 9 rings (SSSR count). The summed E-state index contributed by atoms with van der Waals surface area (Å²) in [7, 11) is 0. The van der Waals surface area contributed by atoms with Crippen LogP contribution < -0.4 is 0 Å². The van der Waals surface area contributed by atoms with E-state index in [4.69, 9.17) is 9.97 Å². The molecule has 0 N–H and O–H groups in total. The van der Waals surface area contributed by atoms with E-state index < -0.39 is 0 Å². The predicted octanol–water partition coefficient (Wildman–Crippen LogP) is 10.9. The molecule has 0 spiro atoms. The Morgan fingerprint density at radius 2 is 1.11 bits per heavy atom. The van der Waals surface area contributed by atoms with Gasteiger partial charge in [0.1, 0.15) is 0 Å². The molecule has 3 nitrogen and oxygen atoms in total. The van der Waals surface area contributed by atoms with Crippen LogP contribution in [0.3, 0.4) is 0 Å². The standard InChI is InChI=1S/C43H31N3/c1-43(2)36-22-11-9-20-32(36)34-26-41-35(25-37(34)43)33-21-10-12-23-40(33)46(41)31-19-13-18-30(24-31)39-27-38(28-14-5-3-6-15-28)44-42(45-39)29-16-7-4-8-17-29/h3-27H,1-2H3. The molecule has 0 aliphatic heterocycles. The number of hydrogen-bond donors (Lipinski definition) is 0. The Hall–Kier alpha value is -5.80.